The van der Waals surface area contributed by atoms with Gasteiger partial charge in [0, 0.05) is 11.6 Å². The van der Waals surface area contributed by atoms with E-state index in [2.05, 4.69) is 10.5 Å². The zero-order chi connectivity index (χ0) is 17.1. The van der Waals surface area contributed by atoms with Crippen LogP contribution < -0.4 is 5.43 Å². The molecule has 0 spiro atoms. The number of aromatic hydroxyl groups is 2. The second-order valence-corrected chi connectivity index (χ2v) is 5.44. The van der Waals surface area contributed by atoms with Gasteiger partial charge in [-0.2, -0.15) is 5.10 Å². The van der Waals surface area contributed by atoms with Crippen LogP contribution in [0, 0.1) is 0 Å². The lowest BCUT2D eigenvalue weighted by Gasteiger charge is -2.05. The summed E-state index contributed by atoms with van der Waals surface area (Å²) < 4.78 is 0. The maximum atomic E-state index is 12.1. The van der Waals surface area contributed by atoms with Crippen LogP contribution in [-0.2, 0) is 0 Å². The van der Waals surface area contributed by atoms with Gasteiger partial charge in [0.1, 0.15) is 11.5 Å². The van der Waals surface area contributed by atoms with E-state index in [1.54, 1.807) is 6.92 Å². The molecule has 0 aliphatic heterocycles. The maximum absolute atomic E-state index is 12.1. The fraction of sp³-hybridized carbons (Fsp3) is 0.0526. The number of fused-ring (bicyclic) bond motifs is 1. The van der Waals surface area contributed by atoms with Crippen LogP contribution in [0.25, 0.3) is 10.8 Å². The van der Waals surface area contributed by atoms with Crippen LogP contribution in [0.3, 0.4) is 0 Å². The predicted octanol–water partition coefficient (Wildman–Crippen LogP) is 3.41. The van der Waals surface area contributed by atoms with Crippen LogP contribution in [0.1, 0.15) is 22.8 Å². The van der Waals surface area contributed by atoms with E-state index in [4.69, 9.17) is 0 Å². The first-order valence-electron chi connectivity index (χ1n) is 7.40. The molecule has 3 aromatic carbocycles. The number of carbonyl (C=O) groups is 1. The molecule has 0 saturated heterocycles. The second-order valence-electron chi connectivity index (χ2n) is 5.44. The van der Waals surface area contributed by atoms with E-state index in [0.717, 1.165) is 22.4 Å². The molecule has 3 rings (SSSR count). The lowest BCUT2D eigenvalue weighted by Crippen LogP contribution is -2.19. The summed E-state index contributed by atoms with van der Waals surface area (Å²) in [5.74, 6) is -0.882. The van der Waals surface area contributed by atoms with Gasteiger partial charge in [-0.3, -0.25) is 4.79 Å². The summed E-state index contributed by atoms with van der Waals surface area (Å²) in [5.41, 5.74) is 4.10. The lowest BCUT2D eigenvalue weighted by molar-refractivity contribution is 0.0954. The minimum atomic E-state index is -0.513. The maximum Gasteiger partial charge on any atom is 0.271 e. The molecule has 120 valence electrons. The minimum absolute atomic E-state index is 0.127. The molecular weight excluding hydrogens is 304 g/mol. The molecule has 5 heteroatoms. The summed E-state index contributed by atoms with van der Waals surface area (Å²) in [7, 11) is 0. The highest BCUT2D eigenvalue weighted by molar-refractivity contribution is 6.03. The molecular formula is C19H16N2O3. The third-order valence-electron chi connectivity index (χ3n) is 3.66. The predicted molar refractivity (Wildman–Crippen MR) is 93.4 cm³/mol. The molecule has 3 N–H and O–H groups in total. The summed E-state index contributed by atoms with van der Waals surface area (Å²) in [6, 6.07) is 17.6. The molecule has 0 atom stereocenters. The Morgan fingerprint density at radius 3 is 2.25 bits per heavy atom. The SMILES string of the molecule is C/C(=N/NC(=O)c1cc(O)cc(O)c1)c1ccc2ccccc2c1. The Morgan fingerprint density at radius 2 is 1.54 bits per heavy atom. The number of nitrogens with zero attached hydrogens (tertiary/aromatic N) is 1. The molecule has 0 saturated carbocycles. The number of hydrazone groups is 1. The van der Waals surface area contributed by atoms with Gasteiger partial charge < -0.3 is 10.2 Å². The number of phenolic OH excluding ortho intramolecular Hbond substituents is 2. The van der Waals surface area contributed by atoms with Gasteiger partial charge in [-0.1, -0.05) is 36.4 Å². The van der Waals surface area contributed by atoms with Gasteiger partial charge in [-0.15, -0.1) is 0 Å². The van der Waals surface area contributed by atoms with Crippen molar-refractivity contribution in [1.82, 2.24) is 5.43 Å². The van der Waals surface area contributed by atoms with Crippen LogP contribution in [0.15, 0.2) is 65.8 Å². The lowest BCUT2D eigenvalue weighted by atomic mass is 10.0. The van der Waals surface area contributed by atoms with Gasteiger partial charge in [0.15, 0.2) is 0 Å². The highest BCUT2D eigenvalue weighted by Gasteiger charge is 2.08. The first kappa shape index (κ1) is 15.6. The number of rotatable bonds is 3. The minimum Gasteiger partial charge on any atom is -0.508 e. The average molecular weight is 320 g/mol. The molecule has 5 nitrogen and oxygen atoms in total. The third kappa shape index (κ3) is 3.35. The van der Waals surface area contributed by atoms with Crippen LogP contribution in [0.4, 0.5) is 0 Å². The van der Waals surface area contributed by atoms with Gasteiger partial charge in [-0.25, -0.2) is 5.43 Å². The van der Waals surface area contributed by atoms with E-state index >= 15 is 0 Å². The number of benzene rings is 3. The Morgan fingerprint density at radius 1 is 0.875 bits per heavy atom. The van der Waals surface area contributed by atoms with Gasteiger partial charge in [0.25, 0.3) is 5.91 Å². The van der Waals surface area contributed by atoms with Crippen molar-refractivity contribution in [3.8, 4) is 11.5 Å². The number of nitrogens with one attached hydrogen (secondary N) is 1. The largest absolute Gasteiger partial charge is 0.508 e. The average Bonchev–Trinajstić information content (AvgIpc) is 2.58. The van der Waals surface area contributed by atoms with Crippen LogP contribution in [-0.4, -0.2) is 21.8 Å². The summed E-state index contributed by atoms with van der Waals surface area (Å²) in [4.78, 5) is 12.1. The van der Waals surface area contributed by atoms with Crippen molar-refractivity contribution in [3.63, 3.8) is 0 Å². The van der Waals surface area contributed by atoms with E-state index in [1.807, 2.05) is 42.5 Å². The highest BCUT2D eigenvalue weighted by Crippen LogP contribution is 2.20. The van der Waals surface area contributed by atoms with E-state index in [9.17, 15) is 15.0 Å². The summed E-state index contributed by atoms with van der Waals surface area (Å²) in [6.45, 7) is 1.80. The summed E-state index contributed by atoms with van der Waals surface area (Å²) in [6.07, 6.45) is 0. The molecule has 0 aromatic heterocycles. The molecule has 0 heterocycles. The first-order valence-corrected chi connectivity index (χ1v) is 7.40. The fourth-order valence-corrected chi connectivity index (χ4v) is 2.40. The highest BCUT2D eigenvalue weighted by atomic mass is 16.3. The Balaban J connectivity index is 1.80. The molecule has 0 fully saturated rings. The Hall–Kier alpha value is -3.34. The Bertz CT molecular complexity index is 928. The van der Waals surface area contributed by atoms with Crippen molar-refractivity contribution >= 4 is 22.4 Å². The van der Waals surface area contributed by atoms with Gasteiger partial charge in [0.05, 0.1) is 5.71 Å². The van der Waals surface area contributed by atoms with Crippen molar-refractivity contribution in [3.05, 3.63) is 71.8 Å². The fourth-order valence-electron chi connectivity index (χ4n) is 2.40. The van der Waals surface area contributed by atoms with E-state index in [1.165, 1.54) is 12.1 Å². The van der Waals surface area contributed by atoms with Gasteiger partial charge in [0.2, 0.25) is 0 Å². The zero-order valence-corrected chi connectivity index (χ0v) is 13.0. The number of hydrogen-bond acceptors (Lipinski definition) is 4. The van der Waals surface area contributed by atoms with Crippen molar-refractivity contribution in [2.24, 2.45) is 5.10 Å². The van der Waals surface area contributed by atoms with Crippen LogP contribution in [0.5, 0.6) is 11.5 Å². The number of carbonyl (C=O) groups excluding carboxylic acids is 1. The van der Waals surface area contributed by atoms with Crippen LogP contribution >= 0.6 is 0 Å². The summed E-state index contributed by atoms with van der Waals surface area (Å²) >= 11 is 0. The van der Waals surface area contributed by atoms with E-state index < -0.39 is 5.91 Å². The number of amides is 1. The smallest absolute Gasteiger partial charge is 0.271 e. The van der Waals surface area contributed by atoms with Crippen molar-refractivity contribution < 1.29 is 15.0 Å². The van der Waals surface area contributed by atoms with Crippen molar-refractivity contribution in [2.75, 3.05) is 0 Å². The first-order chi connectivity index (χ1) is 11.5. The van der Waals surface area contributed by atoms with Crippen molar-refractivity contribution in [2.45, 2.75) is 6.92 Å². The van der Waals surface area contributed by atoms with Crippen molar-refractivity contribution in [1.29, 1.82) is 0 Å². The standard InChI is InChI=1S/C19H16N2O3/c1-12(14-7-6-13-4-2-3-5-15(13)8-14)20-21-19(24)16-9-17(22)11-18(23)10-16/h2-11,22-23H,1H3,(H,21,24)/b20-12-. The monoisotopic (exact) mass is 320 g/mol. The number of phenols is 2. The molecule has 0 bridgehead atoms. The normalized spacial score (nSPS) is 11.5. The molecule has 0 aliphatic carbocycles. The molecule has 1 amide bonds. The van der Waals surface area contributed by atoms with Crippen LogP contribution in [0.2, 0.25) is 0 Å². The molecule has 0 aliphatic rings. The van der Waals surface area contributed by atoms with E-state index in [0.29, 0.717) is 5.71 Å². The topological polar surface area (TPSA) is 81.9 Å². The van der Waals surface area contributed by atoms with Gasteiger partial charge in [-0.05, 0) is 41.5 Å². The molecule has 0 unspecified atom stereocenters. The summed E-state index contributed by atoms with van der Waals surface area (Å²) in [5, 5.41) is 25.2. The van der Waals surface area contributed by atoms with Gasteiger partial charge >= 0.3 is 0 Å². The molecule has 24 heavy (non-hydrogen) atoms. The molecule has 3 aromatic rings. The van der Waals surface area contributed by atoms with E-state index in [-0.39, 0.29) is 17.1 Å². The zero-order valence-electron chi connectivity index (χ0n) is 13.0. The quantitative estimate of drug-likeness (QED) is 0.511. The Kier molecular flexibility index (Phi) is 4.16. The third-order valence-corrected chi connectivity index (χ3v) is 3.66. The second kappa shape index (κ2) is 6.42. The number of hydrogen-bond donors (Lipinski definition) is 3. The molecule has 0 radical (unpaired) electrons. The Labute approximate surface area is 138 Å².